The Bertz CT molecular complexity index is 569. The summed E-state index contributed by atoms with van der Waals surface area (Å²) in [7, 11) is -3.18. The number of nitrogens with one attached hydrogen (secondary N) is 1. The van der Waals surface area contributed by atoms with E-state index in [0.717, 1.165) is 18.4 Å². The second-order valence-electron chi connectivity index (χ2n) is 5.57. The number of halogens is 1. The lowest BCUT2D eigenvalue weighted by Crippen LogP contribution is -2.33. The largest absolute Gasteiger partial charge is 0.212 e. The van der Waals surface area contributed by atoms with E-state index in [2.05, 4.69) is 26.7 Å². The summed E-state index contributed by atoms with van der Waals surface area (Å²) in [5.41, 5.74) is 2.35. The molecule has 2 unspecified atom stereocenters. The van der Waals surface area contributed by atoms with Gasteiger partial charge in [0.2, 0.25) is 10.0 Å². The first kappa shape index (κ1) is 13.6. The van der Waals surface area contributed by atoms with Crippen molar-refractivity contribution in [2.45, 2.75) is 36.6 Å². The van der Waals surface area contributed by atoms with Crippen molar-refractivity contribution in [1.29, 1.82) is 0 Å². The van der Waals surface area contributed by atoms with Gasteiger partial charge in [0.1, 0.15) is 0 Å². The van der Waals surface area contributed by atoms with Gasteiger partial charge in [0.15, 0.2) is 0 Å². The first-order valence-corrected chi connectivity index (χ1v) is 9.34. The van der Waals surface area contributed by atoms with Gasteiger partial charge in [-0.3, -0.25) is 0 Å². The zero-order valence-electron chi connectivity index (χ0n) is 10.7. The van der Waals surface area contributed by atoms with Crippen LogP contribution in [-0.4, -0.2) is 19.0 Å². The summed E-state index contributed by atoms with van der Waals surface area (Å²) < 4.78 is 27.2. The predicted octanol–water partition coefficient (Wildman–Crippen LogP) is 2.77. The molecule has 1 fully saturated rings. The Labute approximate surface area is 123 Å². The predicted molar refractivity (Wildman–Crippen MR) is 79.9 cm³/mol. The summed E-state index contributed by atoms with van der Waals surface area (Å²) >= 11 is 3.60. The highest BCUT2D eigenvalue weighted by Gasteiger charge is 2.34. The van der Waals surface area contributed by atoms with Gasteiger partial charge >= 0.3 is 0 Å². The van der Waals surface area contributed by atoms with Gasteiger partial charge in [0.25, 0.3) is 0 Å². The maximum atomic E-state index is 12.1. The van der Waals surface area contributed by atoms with Gasteiger partial charge < -0.3 is 0 Å². The fourth-order valence-corrected chi connectivity index (χ4v) is 5.04. The highest BCUT2D eigenvalue weighted by Crippen LogP contribution is 2.37. The first-order chi connectivity index (χ1) is 9.05. The molecule has 2 atom stereocenters. The lowest BCUT2D eigenvalue weighted by molar-refractivity contribution is 0.554. The number of hydrogen-bond donors (Lipinski definition) is 1. The minimum Gasteiger partial charge on any atom is -0.212 e. The van der Waals surface area contributed by atoms with Crippen molar-refractivity contribution in [3.8, 4) is 0 Å². The molecule has 2 aliphatic rings. The monoisotopic (exact) mass is 343 g/mol. The number of fused-ring (bicyclic) bond motifs is 1. The maximum Gasteiger partial charge on any atom is 0.212 e. The Morgan fingerprint density at radius 2 is 2.00 bits per heavy atom. The number of benzene rings is 1. The normalized spacial score (nSPS) is 26.4. The van der Waals surface area contributed by atoms with Crippen molar-refractivity contribution in [3.63, 3.8) is 0 Å². The van der Waals surface area contributed by atoms with Crippen LogP contribution in [0.2, 0.25) is 0 Å². The molecule has 1 N–H and O–H groups in total. The Kier molecular flexibility index (Phi) is 3.71. The summed E-state index contributed by atoms with van der Waals surface area (Å²) in [5.74, 6) is 0.906. The van der Waals surface area contributed by atoms with Crippen LogP contribution in [0.4, 0.5) is 0 Å². The quantitative estimate of drug-likeness (QED) is 0.835. The van der Waals surface area contributed by atoms with Gasteiger partial charge in [-0.05, 0) is 29.9 Å². The molecule has 0 aromatic heterocycles. The Balaban J connectivity index is 1.71. The van der Waals surface area contributed by atoms with Crippen molar-refractivity contribution >= 4 is 26.0 Å². The molecule has 5 heteroatoms. The molecule has 1 saturated carbocycles. The molecular formula is C14H18BrNO2S. The van der Waals surface area contributed by atoms with Crippen LogP contribution in [0.5, 0.6) is 0 Å². The van der Waals surface area contributed by atoms with E-state index in [0.29, 0.717) is 5.92 Å². The molecule has 0 radical (unpaired) electrons. The summed E-state index contributed by atoms with van der Waals surface area (Å²) in [4.78, 5) is 0.153. The van der Waals surface area contributed by atoms with Crippen LogP contribution in [0.25, 0.3) is 0 Å². The Morgan fingerprint density at radius 3 is 2.74 bits per heavy atom. The molecule has 0 spiro atoms. The lowest BCUT2D eigenvalue weighted by atomic mass is 10.1. The van der Waals surface area contributed by atoms with Crippen LogP contribution < -0.4 is 4.72 Å². The molecule has 2 aliphatic carbocycles. The first-order valence-electron chi connectivity index (χ1n) is 6.77. The van der Waals surface area contributed by atoms with Crippen LogP contribution in [-0.2, 0) is 16.4 Å². The van der Waals surface area contributed by atoms with E-state index < -0.39 is 10.0 Å². The molecule has 3 nitrogen and oxygen atoms in total. The number of hydrogen-bond acceptors (Lipinski definition) is 2. The van der Waals surface area contributed by atoms with E-state index in [1.165, 1.54) is 18.4 Å². The van der Waals surface area contributed by atoms with E-state index in [9.17, 15) is 8.42 Å². The topological polar surface area (TPSA) is 46.2 Å². The summed E-state index contributed by atoms with van der Waals surface area (Å²) in [6.07, 6.45) is 4.08. The molecule has 0 bridgehead atoms. The molecule has 3 rings (SSSR count). The number of alkyl halides is 1. The van der Waals surface area contributed by atoms with Gasteiger partial charge in [0, 0.05) is 4.83 Å². The second kappa shape index (κ2) is 5.19. The van der Waals surface area contributed by atoms with Gasteiger partial charge in [0.05, 0.1) is 11.8 Å². The third-order valence-electron chi connectivity index (χ3n) is 3.97. The molecule has 0 saturated heterocycles. The van der Waals surface area contributed by atoms with Crippen LogP contribution in [0.3, 0.4) is 0 Å². The van der Waals surface area contributed by atoms with Gasteiger partial charge in [-0.2, -0.15) is 0 Å². The van der Waals surface area contributed by atoms with Gasteiger partial charge in [-0.25, -0.2) is 13.1 Å². The third-order valence-corrected chi connectivity index (χ3v) is 6.20. The molecular weight excluding hydrogens is 326 g/mol. The zero-order valence-corrected chi connectivity index (χ0v) is 13.1. The standard InChI is InChI=1S/C14H18BrNO2S/c15-13-9-11-3-1-2-4-12(11)14(13)16-19(17,18)8-7-10-5-6-10/h1-4,10,13-14,16H,5-9H2. The minimum absolute atomic E-state index is 0.125. The van der Waals surface area contributed by atoms with Crippen LogP contribution in [0, 0.1) is 5.92 Å². The van der Waals surface area contributed by atoms with E-state index in [1.807, 2.05) is 18.2 Å². The fourth-order valence-electron chi connectivity index (χ4n) is 2.66. The van der Waals surface area contributed by atoms with Crippen molar-refractivity contribution in [1.82, 2.24) is 4.72 Å². The number of rotatable bonds is 5. The molecule has 104 valence electrons. The van der Waals surface area contributed by atoms with E-state index in [1.54, 1.807) is 0 Å². The van der Waals surface area contributed by atoms with Crippen LogP contribution in [0.1, 0.15) is 36.4 Å². The Morgan fingerprint density at radius 1 is 1.26 bits per heavy atom. The Hall–Kier alpha value is -0.390. The summed E-state index contributed by atoms with van der Waals surface area (Å²) in [5, 5.41) is 0. The molecule has 0 aliphatic heterocycles. The second-order valence-corrected chi connectivity index (χ2v) is 8.61. The molecule has 0 heterocycles. The van der Waals surface area contributed by atoms with Gasteiger partial charge in [-0.15, -0.1) is 0 Å². The summed E-state index contributed by atoms with van der Waals surface area (Å²) in [6.45, 7) is 0. The van der Waals surface area contributed by atoms with Crippen molar-refractivity contribution in [3.05, 3.63) is 35.4 Å². The van der Waals surface area contributed by atoms with E-state index >= 15 is 0 Å². The SMILES string of the molecule is O=S(=O)(CCC1CC1)NC1c2ccccc2CC1Br. The number of sulfonamides is 1. The van der Waals surface area contributed by atoms with Gasteiger partial charge in [-0.1, -0.05) is 53.0 Å². The van der Waals surface area contributed by atoms with E-state index in [4.69, 9.17) is 0 Å². The average Bonchev–Trinajstić information content (AvgIpc) is 3.14. The summed E-state index contributed by atoms with van der Waals surface area (Å²) in [6, 6.07) is 7.94. The molecule has 0 amide bonds. The minimum atomic E-state index is -3.18. The van der Waals surface area contributed by atoms with Crippen molar-refractivity contribution in [2.24, 2.45) is 5.92 Å². The molecule has 19 heavy (non-hydrogen) atoms. The lowest BCUT2D eigenvalue weighted by Gasteiger charge is -2.17. The average molecular weight is 344 g/mol. The van der Waals surface area contributed by atoms with E-state index in [-0.39, 0.29) is 16.6 Å². The highest BCUT2D eigenvalue weighted by molar-refractivity contribution is 9.09. The molecule has 1 aromatic rings. The van der Waals surface area contributed by atoms with Crippen molar-refractivity contribution in [2.75, 3.05) is 5.75 Å². The zero-order chi connectivity index (χ0) is 13.5. The smallest absolute Gasteiger partial charge is 0.212 e. The highest BCUT2D eigenvalue weighted by atomic mass is 79.9. The third kappa shape index (κ3) is 3.20. The van der Waals surface area contributed by atoms with Crippen LogP contribution in [0.15, 0.2) is 24.3 Å². The maximum absolute atomic E-state index is 12.1. The molecule has 1 aromatic carbocycles. The fraction of sp³-hybridized carbons (Fsp3) is 0.571. The van der Waals surface area contributed by atoms with Crippen molar-refractivity contribution < 1.29 is 8.42 Å². The van der Waals surface area contributed by atoms with Crippen LogP contribution >= 0.6 is 15.9 Å².